The summed E-state index contributed by atoms with van der Waals surface area (Å²) < 4.78 is 13.2. The molecule has 0 spiro atoms. The number of thiophene rings is 1. The van der Waals surface area contributed by atoms with Crippen LogP contribution in [-0.4, -0.2) is 27.8 Å². The molecule has 5 nitrogen and oxygen atoms in total. The lowest BCUT2D eigenvalue weighted by Crippen LogP contribution is -2.29. The highest BCUT2D eigenvalue weighted by atomic mass is 32.1. The van der Waals surface area contributed by atoms with Crippen molar-refractivity contribution in [2.24, 2.45) is 0 Å². The summed E-state index contributed by atoms with van der Waals surface area (Å²) in [7, 11) is 1.66. The minimum Gasteiger partial charge on any atom is -0.334 e. The molecule has 2 aromatic heterocycles. The zero-order chi connectivity index (χ0) is 21.1. The highest BCUT2D eigenvalue weighted by molar-refractivity contribution is 7.11. The van der Waals surface area contributed by atoms with Gasteiger partial charge in [0.05, 0.1) is 23.0 Å². The van der Waals surface area contributed by atoms with Gasteiger partial charge in [0.25, 0.3) is 11.5 Å². The van der Waals surface area contributed by atoms with Crippen LogP contribution in [0.15, 0.2) is 70.8 Å². The number of H-pyrrole nitrogens is 1. The molecule has 2 heterocycles. The number of halogens is 1. The van der Waals surface area contributed by atoms with E-state index in [0.29, 0.717) is 22.3 Å². The monoisotopic (exact) mass is 419 g/mol. The van der Waals surface area contributed by atoms with Gasteiger partial charge in [-0.25, -0.2) is 9.37 Å². The van der Waals surface area contributed by atoms with Crippen LogP contribution in [0.4, 0.5) is 4.39 Å². The van der Waals surface area contributed by atoms with Crippen LogP contribution in [0, 0.1) is 5.82 Å². The van der Waals surface area contributed by atoms with Gasteiger partial charge in [-0.3, -0.25) is 9.59 Å². The van der Waals surface area contributed by atoms with Crippen LogP contribution in [0.25, 0.3) is 22.6 Å². The minimum atomic E-state index is -0.334. The molecule has 7 heteroatoms. The third-order valence-electron chi connectivity index (χ3n) is 4.59. The van der Waals surface area contributed by atoms with Crippen LogP contribution < -0.4 is 5.56 Å². The van der Waals surface area contributed by atoms with Crippen LogP contribution in [0.2, 0.25) is 0 Å². The Morgan fingerprint density at radius 3 is 2.63 bits per heavy atom. The van der Waals surface area contributed by atoms with Gasteiger partial charge in [-0.05, 0) is 47.4 Å². The van der Waals surface area contributed by atoms with E-state index in [1.54, 1.807) is 43.5 Å². The van der Waals surface area contributed by atoms with Crippen LogP contribution in [0.3, 0.4) is 0 Å². The van der Waals surface area contributed by atoms with Crippen molar-refractivity contribution in [3.05, 3.63) is 98.5 Å². The fourth-order valence-corrected chi connectivity index (χ4v) is 3.84. The van der Waals surface area contributed by atoms with E-state index in [4.69, 9.17) is 0 Å². The van der Waals surface area contributed by atoms with Crippen molar-refractivity contribution in [1.29, 1.82) is 0 Å². The van der Waals surface area contributed by atoms with Gasteiger partial charge in [0, 0.05) is 11.9 Å². The number of nitrogens with zero attached hydrogens (tertiary/aromatic N) is 2. The molecule has 0 unspecified atom stereocenters. The Hall–Kier alpha value is -3.58. The Morgan fingerprint density at radius 2 is 1.90 bits per heavy atom. The summed E-state index contributed by atoms with van der Waals surface area (Å²) in [5.74, 6) is -0.154. The smallest absolute Gasteiger partial charge is 0.258 e. The van der Waals surface area contributed by atoms with Gasteiger partial charge >= 0.3 is 0 Å². The zero-order valence-corrected chi connectivity index (χ0v) is 16.9. The molecule has 0 atom stereocenters. The van der Waals surface area contributed by atoms with Crippen molar-refractivity contribution in [2.45, 2.75) is 6.54 Å². The SMILES string of the molecule is CN(Cc1nc2ccccc2c(=O)[nH]1)C(=O)C(=Cc1ccc(F)cc1)c1cccs1. The molecule has 0 aliphatic rings. The van der Waals surface area contributed by atoms with Crippen molar-refractivity contribution < 1.29 is 9.18 Å². The average Bonchev–Trinajstić information content (AvgIpc) is 3.27. The number of hydrogen-bond donors (Lipinski definition) is 1. The van der Waals surface area contributed by atoms with Crippen molar-refractivity contribution in [2.75, 3.05) is 7.05 Å². The first-order valence-corrected chi connectivity index (χ1v) is 10.1. The van der Waals surface area contributed by atoms with Gasteiger partial charge in [0.2, 0.25) is 0 Å². The zero-order valence-electron chi connectivity index (χ0n) is 16.1. The molecule has 1 amide bonds. The van der Waals surface area contributed by atoms with Gasteiger partial charge in [-0.2, -0.15) is 0 Å². The second-order valence-corrected chi connectivity index (χ2v) is 7.73. The molecule has 30 heavy (non-hydrogen) atoms. The van der Waals surface area contributed by atoms with Gasteiger partial charge < -0.3 is 9.88 Å². The van der Waals surface area contributed by atoms with Gasteiger partial charge in [-0.15, -0.1) is 11.3 Å². The molecule has 0 saturated heterocycles. The number of likely N-dealkylation sites (N-methyl/N-ethyl adjacent to an activating group) is 1. The van der Waals surface area contributed by atoms with Crippen LogP contribution in [0.1, 0.15) is 16.3 Å². The lowest BCUT2D eigenvalue weighted by Gasteiger charge is -2.18. The Bertz CT molecular complexity index is 1280. The highest BCUT2D eigenvalue weighted by Crippen LogP contribution is 2.25. The number of carbonyl (C=O) groups is 1. The number of nitrogens with one attached hydrogen (secondary N) is 1. The van der Waals surface area contributed by atoms with E-state index in [0.717, 1.165) is 10.4 Å². The third kappa shape index (κ3) is 4.21. The van der Waals surface area contributed by atoms with E-state index >= 15 is 0 Å². The van der Waals surface area contributed by atoms with Crippen molar-refractivity contribution in [3.63, 3.8) is 0 Å². The van der Waals surface area contributed by atoms with Crippen molar-refractivity contribution in [1.82, 2.24) is 14.9 Å². The Morgan fingerprint density at radius 1 is 1.13 bits per heavy atom. The number of aromatic amines is 1. The van der Waals surface area contributed by atoms with E-state index in [1.165, 1.54) is 28.4 Å². The standard InChI is InChI=1S/C23H18FN3O2S/c1-27(14-21-25-19-6-3-2-5-17(19)22(28)26-21)23(29)18(20-7-4-12-30-20)13-15-8-10-16(24)11-9-15/h2-13H,14H2,1H3,(H,25,26,28). The number of aromatic nitrogens is 2. The van der Waals surface area contributed by atoms with E-state index in [1.807, 2.05) is 23.6 Å². The lowest BCUT2D eigenvalue weighted by molar-refractivity contribution is -0.124. The number of benzene rings is 2. The maximum Gasteiger partial charge on any atom is 0.258 e. The average molecular weight is 419 g/mol. The predicted octanol–water partition coefficient (Wildman–Crippen LogP) is 4.32. The normalized spacial score (nSPS) is 11.6. The molecule has 150 valence electrons. The quantitative estimate of drug-likeness (QED) is 0.490. The topological polar surface area (TPSA) is 66.1 Å². The molecule has 4 rings (SSSR count). The van der Waals surface area contributed by atoms with E-state index in [9.17, 15) is 14.0 Å². The van der Waals surface area contributed by atoms with Gasteiger partial charge in [-0.1, -0.05) is 30.3 Å². The summed E-state index contributed by atoms with van der Waals surface area (Å²) in [5, 5.41) is 2.40. The number of fused-ring (bicyclic) bond motifs is 1. The Balaban J connectivity index is 1.64. The molecule has 0 bridgehead atoms. The second-order valence-electron chi connectivity index (χ2n) is 6.78. The third-order valence-corrected chi connectivity index (χ3v) is 5.50. The van der Waals surface area contributed by atoms with Crippen LogP contribution >= 0.6 is 11.3 Å². The largest absolute Gasteiger partial charge is 0.334 e. The van der Waals surface area contributed by atoms with Crippen LogP contribution in [0.5, 0.6) is 0 Å². The minimum absolute atomic E-state index is 0.144. The highest BCUT2D eigenvalue weighted by Gasteiger charge is 2.19. The first kappa shape index (κ1) is 19.7. The van der Waals surface area contributed by atoms with Gasteiger partial charge in [0.1, 0.15) is 11.6 Å². The van der Waals surface area contributed by atoms with Crippen molar-refractivity contribution >= 4 is 39.8 Å². The summed E-state index contributed by atoms with van der Waals surface area (Å²) in [6.45, 7) is 0.144. The summed E-state index contributed by atoms with van der Waals surface area (Å²) >= 11 is 1.45. The van der Waals surface area contributed by atoms with E-state index in [2.05, 4.69) is 9.97 Å². The molecule has 1 N–H and O–H groups in total. The fraction of sp³-hybridized carbons (Fsp3) is 0.0870. The summed E-state index contributed by atoms with van der Waals surface area (Å²) in [6.07, 6.45) is 1.74. The molecule has 4 aromatic rings. The molecular weight excluding hydrogens is 401 g/mol. The van der Waals surface area contributed by atoms with Crippen molar-refractivity contribution in [3.8, 4) is 0 Å². The summed E-state index contributed by atoms with van der Waals surface area (Å²) in [6, 6.07) is 16.8. The van der Waals surface area contributed by atoms with Crippen LogP contribution in [-0.2, 0) is 11.3 Å². The molecule has 2 aromatic carbocycles. The predicted molar refractivity (Wildman–Crippen MR) is 117 cm³/mol. The number of carbonyl (C=O) groups excluding carboxylic acids is 1. The maximum absolute atomic E-state index is 13.2. The van der Waals surface area contributed by atoms with E-state index in [-0.39, 0.29) is 23.8 Å². The first-order chi connectivity index (χ1) is 14.5. The Kier molecular flexibility index (Phi) is 5.54. The number of hydrogen-bond acceptors (Lipinski definition) is 4. The number of amides is 1. The molecule has 0 aliphatic carbocycles. The maximum atomic E-state index is 13.2. The first-order valence-electron chi connectivity index (χ1n) is 9.26. The van der Waals surface area contributed by atoms with Gasteiger partial charge in [0.15, 0.2) is 0 Å². The molecule has 0 saturated carbocycles. The Labute approximate surface area is 176 Å². The molecule has 0 fully saturated rings. The number of rotatable bonds is 5. The van der Waals surface area contributed by atoms with E-state index < -0.39 is 0 Å². The number of para-hydroxylation sites is 1. The fourth-order valence-electron chi connectivity index (χ4n) is 3.11. The summed E-state index contributed by atoms with van der Waals surface area (Å²) in [4.78, 5) is 35.1. The lowest BCUT2D eigenvalue weighted by atomic mass is 10.1. The molecule has 0 aliphatic heterocycles. The molecular formula is C23H18FN3O2S. The summed E-state index contributed by atoms with van der Waals surface area (Å²) in [5.41, 5.74) is 1.55. The second kappa shape index (κ2) is 8.42. The molecule has 0 radical (unpaired) electrons.